The van der Waals surface area contributed by atoms with Crippen LogP contribution in [0.4, 0.5) is 5.69 Å². The lowest BCUT2D eigenvalue weighted by Gasteiger charge is -2.17. The summed E-state index contributed by atoms with van der Waals surface area (Å²) < 4.78 is 6.86. The predicted octanol–water partition coefficient (Wildman–Crippen LogP) is 2.97. The minimum absolute atomic E-state index is 0.269. The highest BCUT2D eigenvalue weighted by molar-refractivity contribution is 6.05. The van der Waals surface area contributed by atoms with Crippen LogP contribution >= 0.6 is 0 Å². The second kappa shape index (κ2) is 9.01. The number of rotatable bonds is 7. The molecular formula is C21H28N4O3. The first-order valence-corrected chi connectivity index (χ1v) is 9.79. The minimum atomic E-state index is -0.276. The van der Waals surface area contributed by atoms with E-state index in [2.05, 4.69) is 29.5 Å². The van der Waals surface area contributed by atoms with Crippen molar-refractivity contribution in [2.75, 3.05) is 25.6 Å². The van der Waals surface area contributed by atoms with Crippen LogP contribution in [0.25, 0.3) is 0 Å². The van der Waals surface area contributed by atoms with Gasteiger partial charge in [0.1, 0.15) is 0 Å². The van der Waals surface area contributed by atoms with Crippen LogP contribution in [-0.2, 0) is 17.7 Å². The van der Waals surface area contributed by atoms with Gasteiger partial charge >= 0.3 is 0 Å². The summed E-state index contributed by atoms with van der Waals surface area (Å²) in [4.78, 5) is 30.0. The van der Waals surface area contributed by atoms with Crippen molar-refractivity contribution in [3.63, 3.8) is 0 Å². The summed E-state index contributed by atoms with van der Waals surface area (Å²) >= 11 is 0. The van der Waals surface area contributed by atoms with E-state index in [-0.39, 0.29) is 17.7 Å². The van der Waals surface area contributed by atoms with Crippen LogP contribution in [0.15, 0.2) is 24.3 Å². The number of benzene rings is 1. The molecule has 0 aliphatic carbocycles. The van der Waals surface area contributed by atoms with Gasteiger partial charge in [-0.3, -0.25) is 9.59 Å². The van der Waals surface area contributed by atoms with Crippen LogP contribution < -0.4 is 10.6 Å². The first-order chi connectivity index (χ1) is 13.5. The Balaban J connectivity index is 1.87. The third-order valence-corrected chi connectivity index (χ3v) is 4.96. The molecule has 1 aliphatic heterocycles. The number of nitrogens with one attached hydrogen (secondary N) is 2. The van der Waals surface area contributed by atoms with Gasteiger partial charge in [0, 0.05) is 25.9 Å². The van der Waals surface area contributed by atoms with E-state index in [0.717, 1.165) is 36.2 Å². The van der Waals surface area contributed by atoms with E-state index in [1.54, 1.807) is 7.11 Å². The molecule has 0 unspecified atom stereocenters. The number of hydrogen-bond donors (Lipinski definition) is 2. The van der Waals surface area contributed by atoms with Gasteiger partial charge in [-0.15, -0.1) is 0 Å². The number of anilines is 1. The molecule has 0 saturated heterocycles. The van der Waals surface area contributed by atoms with E-state index in [1.807, 2.05) is 28.8 Å². The summed E-state index contributed by atoms with van der Waals surface area (Å²) in [5, 5.41) is 5.79. The molecule has 1 aliphatic rings. The zero-order chi connectivity index (χ0) is 20.1. The molecule has 3 rings (SSSR count). The van der Waals surface area contributed by atoms with E-state index in [4.69, 9.17) is 4.74 Å². The van der Waals surface area contributed by atoms with Crippen molar-refractivity contribution < 1.29 is 14.3 Å². The number of hydrogen-bond acceptors (Lipinski definition) is 4. The van der Waals surface area contributed by atoms with E-state index >= 15 is 0 Å². The number of ether oxygens (including phenoxy) is 1. The van der Waals surface area contributed by atoms with Crippen molar-refractivity contribution in [1.29, 1.82) is 0 Å². The molecule has 28 heavy (non-hydrogen) atoms. The average molecular weight is 384 g/mol. The summed E-state index contributed by atoms with van der Waals surface area (Å²) in [6.45, 7) is 5.71. The minimum Gasteiger partial charge on any atom is -0.383 e. The molecule has 2 N–H and O–H groups in total. The molecule has 0 atom stereocenters. The molecular weight excluding hydrogens is 356 g/mol. The second-order valence-electron chi connectivity index (χ2n) is 7.28. The fourth-order valence-electron chi connectivity index (χ4n) is 3.54. The van der Waals surface area contributed by atoms with Gasteiger partial charge in [-0.1, -0.05) is 32.0 Å². The van der Waals surface area contributed by atoms with E-state index in [0.29, 0.717) is 31.2 Å². The third-order valence-electron chi connectivity index (χ3n) is 4.96. The summed E-state index contributed by atoms with van der Waals surface area (Å²) in [5.74, 6) is 0.0409. The lowest BCUT2D eigenvalue weighted by Crippen LogP contribution is -2.30. The molecule has 1 aromatic carbocycles. The number of imidazole rings is 1. The smallest absolute Gasteiger partial charge is 0.287 e. The fourth-order valence-corrected chi connectivity index (χ4v) is 3.54. The summed E-state index contributed by atoms with van der Waals surface area (Å²) in [5.41, 5.74) is 3.03. The first-order valence-electron chi connectivity index (χ1n) is 9.79. The maximum absolute atomic E-state index is 13.0. The van der Waals surface area contributed by atoms with Crippen molar-refractivity contribution >= 4 is 17.5 Å². The lowest BCUT2D eigenvalue weighted by molar-refractivity contribution is 0.0921. The van der Waals surface area contributed by atoms with Crippen LogP contribution in [0.5, 0.6) is 0 Å². The van der Waals surface area contributed by atoms with Crippen molar-refractivity contribution in [1.82, 2.24) is 14.9 Å². The Kier molecular flexibility index (Phi) is 6.46. The van der Waals surface area contributed by atoms with Gasteiger partial charge < -0.3 is 19.9 Å². The normalized spacial score (nSPS) is 13.3. The molecule has 1 aromatic heterocycles. The molecule has 150 valence electrons. The van der Waals surface area contributed by atoms with Crippen molar-refractivity contribution in [3.05, 3.63) is 47.0 Å². The second-order valence-corrected chi connectivity index (χ2v) is 7.28. The third kappa shape index (κ3) is 4.25. The predicted molar refractivity (Wildman–Crippen MR) is 108 cm³/mol. The van der Waals surface area contributed by atoms with Crippen LogP contribution in [0.3, 0.4) is 0 Å². The van der Waals surface area contributed by atoms with Gasteiger partial charge in [0.15, 0.2) is 11.5 Å². The maximum Gasteiger partial charge on any atom is 0.287 e. The van der Waals surface area contributed by atoms with Crippen LogP contribution in [0.1, 0.15) is 65.0 Å². The SMILES string of the molecule is COCCNC(=O)c1nc(C(=O)Nc2ccccc2C(C)C)c2n1CCCC2. The van der Waals surface area contributed by atoms with Gasteiger partial charge in [-0.2, -0.15) is 0 Å². The molecule has 0 saturated carbocycles. The Labute approximate surface area is 165 Å². The highest BCUT2D eigenvalue weighted by atomic mass is 16.5. The number of methoxy groups -OCH3 is 1. The van der Waals surface area contributed by atoms with Gasteiger partial charge in [-0.25, -0.2) is 4.98 Å². The van der Waals surface area contributed by atoms with Crippen molar-refractivity contribution in [3.8, 4) is 0 Å². The number of carbonyl (C=O) groups is 2. The monoisotopic (exact) mass is 384 g/mol. The Morgan fingerprint density at radius 2 is 2.00 bits per heavy atom. The van der Waals surface area contributed by atoms with Crippen molar-refractivity contribution in [2.45, 2.75) is 45.6 Å². The van der Waals surface area contributed by atoms with Gasteiger partial charge in [0.25, 0.3) is 11.8 Å². The summed E-state index contributed by atoms with van der Waals surface area (Å²) in [7, 11) is 1.58. The fraction of sp³-hybridized carbons (Fsp3) is 0.476. The highest BCUT2D eigenvalue weighted by Gasteiger charge is 2.27. The van der Waals surface area contributed by atoms with Gasteiger partial charge in [0.2, 0.25) is 0 Å². The molecule has 7 nitrogen and oxygen atoms in total. The molecule has 7 heteroatoms. The topological polar surface area (TPSA) is 85.2 Å². The van der Waals surface area contributed by atoms with E-state index in [9.17, 15) is 9.59 Å². The Morgan fingerprint density at radius 1 is 1.21 bits per heavy atom. The van der Waals surface area contributed by atoms with Crippen LogP contribution in [-0.4, -0.2) is 41.6 Å². The zero-order valence-electron chi connectivity index (χ0n) is 16.7. The maximum atomic E-state index is 13.0. The lowest BCUT2D eigenvalue weighted by atomic mass is 10.0. The molecule has 0 fully saturated rings. The zero-order valence-corrected chi connectivity index (χ0v) is 16.7. The molecule has 0 radical (unpaired) electrons. The number of nitrogens with zero attached hydrogens (tertiary/aromatic N) is 2. The molecule has 0 bridgehead atoms. The highest BCUT2D eigenvalue weighted by Crippen LogP contribution is 2.26. The van der Waals surface area contributed by atoms with Gasteiger partial charge in [-0.05, 0) is 36.8 Å². The van der Waals surface area contributed by atoms with Crippen LogP contribution in [0, 0.1) is 0 Å². The van der Waals surface area contributed by atoms with E-state index in [1.165, 1.54) is 0 Å². The summed E-state index contributed by atoms with van der Waals surface area (Å²) in [6.07, 6.45) is 2.70. The Bertz CT molecular complexity index is 857. The van der Waals surface area contributed by atoms with E-state index < -0.39 is 0 Å². The van der Waals surface area contributed by atoms with Crippen molar-refractivity contribution in [2.24, 2.45) is 0 Å². The van der Waals surface area contributed by atoms with Gasteiger partial charge in [0.05, 0.1) is 12.3 Å². The Hall–Kier alpha value is -2.67. The number of aromatic nitrogens is 2. The molecule has 0 spiro atoms. The average Bonchev–Trinajstić information content (AvgIpc) is 3.08. The number of amides is 2. The quantitative estimate of drug-likeness (QED) is 0.719. The van der Waals surface area contributed by atoms with Crippen LogP contribution in [0.2, 0.25) is 0 Å². The first kappa shape index (κ1) is 20.1. The number of fused-ring (bicyclic) bond motifs is 1. The molecule has 2 heterocycles. The molecule has 2 aromatic rings. The number of carbonyl (C=O) groups excluding carboxylic acids is 2. The standard InChI is InChI=1S/C21H28N4O3/c1-14(2)15-8-4-5-9-16(15)23-20(26)18-17-10-6-7-12-25(17)19(24-18)21(27)22-11-13-28-3/h4-5,8-9,14H,6-7,10-13H2,1-3H3,(H,22,27)(H,23,26). The molecule has 2 amide bonds. The summed E-state index contributed by atoms with van der Waals surface area (Å²) in [6, 6.07) is 7.77. The number of para-hydroxylation sites is 1. The largest absolute Gasteiger partial charge is 0.383 e. The Morgan fingerprint density at radius 3 is 2.75 bits per heavy atom.